The van der Waals surface area contributed by atoms with E-state index in [-0.39, 0.29) is 5.57 Å². The largest absolute Gasteiger partial charge is 0.493 e. The van der Waals surface area contributed by atoms with Crippen molar-refractivity contribution in [3.8, 4) is 17.6 Å². The predicted molar refractivity (Wildman–Crippen MR) is 136 cm³/mol. The van der Waals surface area contributed by atoms with Gasteiger partial charge in [-0.1, -0.05) is 41.4 Å². The lowest BCUT2D eigenvalue weighted by atomic mass is 10.0. The predicted octanol–water partition coefficient (Wildman–Crippen LogP) is 6.71. The second kappa shape index (κ2) is 10.9. The van der Waals surface area contributed by atoms with Crippen LogP contribution >= 0.6 is 11.6 Å². The summed E-state index contributed by atoms with van der Waals surface area (Å²) < 4.78 is 11.6. The minimum Gasteiger partial charge on any atom is -0.493 e. The topological polar surface area (TPSA) is 71.3 Å². The van der Waals surface area contributed by atoms with E-state index in [4.69, 9.17) is 21.1 Å². The molecule has 0 saturated carbocycles. The molecule has 0 bridgehead atoms. The number of nitrogens with one attached hydrogen (secondary N) is 1. The Labute approximate surface area is 205 Å². The molecule has 0 spiro atoms. The number of nitrogens with zero attached hydrogens (tertiary/aromatic N) is 1. The molecular weight excluding hydrogens is 448 g/mol. The first-order valence-corrected chi connectivity index (χ1v) is 11.2. The number of ether oxygens (including phenoxy) is 2. The highest BCUT2D eigenvalue weighted by atomic mass is 35.5. The molecule has 0 unspecified atom stereocenters. The number of rotatable bonds is 7. The molecule has 0 heterocycles. The van der Waals surface area contributed by atoms with Crippen LogP contribution < -0.4 is 14.8 Å². The third kappa shape index (κ3) is 5.98. The van der Waals surface area contributed by atoms with E-state index in [0.717, 1.165) is 11.1 Å². The van der Waals surface area contributed by atoms with Crippen LogP contribution in [0.15, 0.2) is 54.1 Å². The highest BCUT2D eigenvalue weighted by Gasteiger charge is 2.13. The molecule has 34 heavy (non-hydrogen) atoms. The van der Waals surface area contributed by atoms with Crippen LogP contribution in [-0.4, -0.2) is 13.0 Å². The maximum absolute atomic E-state index is 12.7. The first-order chi connectivity index (χ1) is 16.2. The Morgan fingerprint density at radius 1 is 1.00 bits per heavy atom. The number of halogens is 1. The van der Waals surface area contributed by atoms with Crippen LogP contribution in [-0.2, 0) is 11.4 Å². The van der Waals surface area contributed by atoms with Crippen molar-refractivity contribution in [3.05, 3.63) is 92.5 Å². The summed E-state index contributed by atoms with van der Waals surface area (Å²) in [6.45, 7) is 8.48. The molecule has 174 valence electrons. The molecule has 0 aliphatic carbocycles. The van der Waals surface area contributed by atoms with E-state index in [2.05, 4.69) is 38.2 Å². The molecular formula is C28H27ClN2O3. The van der Waals surface area contributed by atoms with Gasteiger partial charge in [0.1, 0.15) is 18.2 Å². The van der Waals surface area contributed by atoms with Gasteiger partial charge in [-0.25, -0.2) is 0 Å². The molecule has 1 N–H and O–H groups in total. The number of methoxy groups -OCH3 is 1. The summed E-state index contributed by atoms with van der Waals surface area (Å²) in [5.41, 5.74) is 6.71. The second-order valence-electron chi connectivity index (χ2n) is 8.16. The number of hydrogen-bond acceptors (Lipinski definition) is 4. The van der Waals surface area contributed by atoms with Crippen molar-refractivity contribution in [2.24, 2.45) is 0 Å². The number of carbonyl (C=O) groups is 1. The number of carbonyl (C=O) groups excluding carboxylic acids is 1. The second-order valence-corrected chi connectivity index (χ2v) is 8.60. The van der Waals surface area contributed by atoms with Crippen LogP contribution in [0.25, 0.3) is 6.08 Å². The van der Waals surface area contributed by atoms with Crippen molar-refractivity contribution in [2.75, 3.05) is 12.4 Å². The molecule has 0 fully saturated rings. The van der Waals surface area contributed by atoms with Gasteiger partial charge in [0.15, 0.2) is 11.5 Å². The van der Waals surface area contributed by atoms with Crippen LogP contribution in [0.3, 0.4) is 0 Å². The molecule has 3 rings (SSSR count). The van der Waals surface area contributed by atoms with E-state index >= 15 is 0 Å². The molecule has 0 aliphatic rings. The third-order valence-electron chi connectivity index (χ3n) is 5.52. The van der Waals surface area contributed by atoms with Gasteiger partial charge in [-0.15, -0.1) is 0 Å². The van der Waals surface area contributed by atoms with Crippen LogP contribution in [0.4, 0.5) is 5.69 Å². The van der Waals surface area contributed by atoms with Crippen LogP contribution in [0.2, 0.25) is 5.02 Å². The first-order valence-electron chi connectivity index (χ1n) is 10.8. The van der Waals surface area contributed by atoms with Crippen LogP contribution in [0.5, 0.6) is 11.5 Å². The lowest BCUT2D eigenvalue weighted by Crippen LogP contribution is -2.14. The summed E-state index contributed by atoms with van der Waals surface area (Å²) in [6.07, 6.45) is 1.51. The average Bonchev–Trinajstić information content (AvgIpc) is 2.79. The van der Waals surface area contributed by atoms with Crippen molar-refractivity contribution in [2.45, 2.75) is 34.3 Å². The normalized spacial score (nSPS) is 11.0. The highest BCUT2D eigenvalue weighted by Crippen LogP contribution is 2.31. The van der Waals surface area contributed by atoms with Crippen molar-refractivity contribution in [1.29, 1.82) is 5.26 Å². The van der Waals surface area contributed by atoms with Gasteiger partial charge >= 0.3 is 0 Å². The first kappa shape index (κ1) is 24.9. The summed E-state index contributed by atoms with van der Waals surface area (Å²) in [7, 11) is 1.55. The molecule has 6 heteroatoms. The van der Waals surface area contributed by atoms with Gasteiger partial charge in [-0.3, -0.25) is 4.79 Å². The highest BCUT2D eigenvalue weighted by molar-refractivity contribution is 6.31. The number of benzene rings is 3. The van der Waals surface area contributed by atoms with Gasteiger partial charge in [-0.05, 0) is 85.9 Å². The van der Waals surface area contributed by atoms with Crippen molar-refractivity contribution in [3.63, 3.8) is 0 Å². The molecule has 0 aliphatic heterocycles. The summed E-state index contributed by atoms with van der Waals surface area (Å²) >= 11 is 6.02. The van der Waals surface area contributed by atoms with E-state index in [1.54, 1.807) is 43.5 Å². The molecule has 0 aromatic heterocycles. The van der Waals surface area contributed by atoms with Gasteiger partial charge in [-0.2, -0.15) is 5.26 Å². The third-order valence-corrected chi connectivity index (χ3v) is 5.76. The molecule has 3 aromatic rings. The number of amides is 1. The SMILES string of the molecule is COc1cc(/C=C(\C#N)C(=O)Nc2cc(Cl)ccc2C)ccc1OCc1c(C)cc(C)cc1C. The maximum Gasteiger partial charge on any atom is 0.266 e. The van der Waals surface area contributed by atoms with Crippen molar-refractivity contribution >= 4 is 29.3 Å². The molecule has 0 radical (unpaired) electrons. The number of hydrogen-bond donors (Lipinski definition) is 1. The van der Waals surface area contributed by atoms with Gasteiger partial charge in [0.05, 0.1) is 7.11 Å². The summed E-state index contributed by atoms with van der Waals surface area (Å²) in [5.74, 6) is 0.577. The standard InChI is InChI=1S/C28H27ClN2O3/c1-17-10-19(3)24(20(4)11-17)16-34-26-9-7-21(13-27(26)33-5)12-22(15-30)28(32)31-25-14-23(29)8-6-18(25)2/h6-14H,16H2,1-5H3,(H,31,32)/b22-12+. The monoisotopic (exact) mass is 474 g/mol. The fraction of sp³-hybridized carbons (Fsp3) is 0.214. The van der Waals surface area contributed by atoms with Crippen LogP contribution in [0, 0.1) is 39.0 Å². The Morgan fingerprint density at radius 2 is 1.71 bits per heavy atom. The van der Waals surface area contributed by atoms with Crippen LogP contribution in [0.1, 0.15) is 33.4 Å². The zero-order valence-corrected chi connectivity index (χ0v) is 20.7. The Morgan fingerprint density at radius 3 is 2.35 bits per heavy atom. The van der Waals surface area contributed by atoms with Crippen molar-refractivity contribution in [1.82, 2.24) is 0 Å². The van der Waals surface area contributed by atoms with E-state index in [1.165, 1.54) is 22.8 Å². The number of anilines is 1. The minimum atomic E-state index is -0.516. The van der Waals surface area contributed by atoms with E-state index in [1.807, 2.05) is 13.0 Å². The van der Waals surface area contributed by atoms with E-state index in [0.29, 0.717) is 34.4 Å². The summed E-state index contributed by atoms with van der Waals surface area (Å²) in [5, 5.41) is 12.8. The van der Waals surface area contributed by atoms with E-state index in [9.17, 15) is 10.1 Å². The van der Waals surface area contributed by atoms with Crippen molar-refractivity contribution < 1.29 is 14.3 Å². The number of aryl methyl sites for hydroxylation is 4. The number of nitriles is 1. The Balaban J connectivity index is 1.80. The van der Waals surface area contributed by atoms with Gasteiger partial charge in [0.2, 0.25) is 0 Å². The van der Waals surface area contributed by atoms with Gasteiger partial charge in [0, 0.05) is 10.7 Å². The Hall–Kier alpha value is -3.75. The zero-order chi connectivity index (χ0) is 24.8. The zero-order valence-electron chi connectivity index (χ0n) is 20.0. The maximum atomic E-state index is 12.7. The van der Waals surface area contributed by atoms with Gasteiger partial charge in [0.25, 0.3) is 5.91 Å². The molecule has 1 amide bonds. The fourth-order valence-corrected chi connectivity index (χ4v) is 3.89. The smallest absolute Gasteiger partial charge is 0.266 e. The molecule has 3 aromatic carbocycles. The lowest BCUT2D eigenvalue weighted by molar-refractivity contribution is -0.112. The molecule has 0 atom stereocenters. The van der Waals surface area contributed by atoms with E-state index < -0.39 is 5.91 Å². The average molecular weight is 475 g/mol. The lowest BCUT2D eigenvalue weighted by Gasteiger charge is -2.15. The Kier molecular flexibility index (Phi) is 7.99. The summed E-state index contributed by atoms with van der Waals surface area (Å²) in [4.78, 5) is 12.7. The Bertz CT molecular complexity index is 1280. The summed E-state index contributed by atoms with van der Waals surface area (Å²) in [6, 6.07) is 16.7. The molecule has 0 saturated heterocycles. The minimum absolute atomic E-state index is 0.0407. The fourth-order valence-electron chi connectivity index (χ4n) is 3.71. The van der Waals surface area contributed by atoms with Gasteiger partial charge < -0.3 is 14.8 Å². The molecule has 5 nitrogen and oxygen atoms in total. The quantitative estimate of drug-likeness (QED) is 0.305.